The third-order valence-corrected chi connectivity index (χ3v) is 4.00. The zero-order valence-electron chi connectivity index (χ0n) is 11.2. The highest BCUT2D eigenvalue weighted by atomic mass is 32.1. The minimum atomic E-state index is 0.814. The van der Waals surface area contributed by atoms with Gasteiger partial charge in [-0.3, -0.25) is 4.90 Å². The van der Waals surface area contributed by atoms with Gasteiger partial charge in [-0.1, -0.05) is 6.07 Å². The van der Waals surface area contributed by atoms with Crippen LogP contribution in [0.4, 0.5) is 0 Å². The van der Waals surface area contributed by atoms with Gasteiger partial charge in [-0.2, -0.15) is 0 Å². The van der Waals surface area contributed by atoms with Gasteiger partial charge in [-0.15, -0.1) is 0 Å². The van der Waals surface area contributed by atoms with E-state index in [0.29, 0.717) is 0 Å². The van der Waals surface area contributed by atoms with Gasteiger partial charge in [0.05, 0.1) is 24.2 Å². The molecule has 5 heteroatoms. The molecule has 1 aromatic heterocycles. The van der Waals surface area contributed by atoms with E-state index in [9.17, 15) is 0 Å². The van der Waals surface area contributed by atoms with E-state index in [2.05, 4.69) is 39.6 Å². The number of H-pyrrole nitrogens is 1. The Bertz CT molecular complexity index is 625. The van der Waals surface area contributed by atoms with Crippen molar-refractivity contribution < 1.29 is 4.74 Å². The van der Waals surface area contributed by atoms with Crippen molar-refractivity contribution in [2.75, 3.05) is 32.8 Å². The molecule has 2 heterocycles. The Kier molecular flexibility index (Phi) is 3.68. The number of hydrogen-bond acceptors (Lipinski definition) is 3. The maximum absolute atomic E-state index is 5.43. The zero-order valence-corrected chi connectivity index (χ0v) is 12.0. The molecule has 0 amide bonds. The topological polar surface area (TPSA) is 33.2 Å². The molecule has 0 spiro atoms. The molecule has 1 saturated heterocycles. The van der Waals surface area contributed by atoms with Crippen molar-refractivity contribution in [3.8, 4) is 0 Å². The first-order valence-electron chi connectivity index (χ1n) is 6.73. The molecule has 1 aliphatic rings. The van der Waals surface area contributed by atoms with Crippen molar-refractivity contribution in [2.24, 2.45) is 0 Å². The van der Waals surface area contributed by atoms with E-state index in [1.165, 1.54) is 11.1 Å². The summed E-state index contributed by atoms with van der Waals surface area (Å²) in [6, 6.07) is 6.41. The van der Waals surface area contributed by atoms with Crippen LogP contribution in [0.25, 0.3) is 11.0 Å². The Morgan fingerprint density at radius 3 is 2.84 bits per heavy atom. The fourth-order valence-corrected chi connectivity index (χ4v) is 2.85. The van der Waals surface area contributed by atoms with Crippen LogP contribution >= 0.6 is 12.2 Å². The molecule has 2 aromatic rings. The van der Waals surface area contributed by atoms with Crippen LogP contribution < -0.4 is 0 Å². The number of imidazole rings is 1. The van der Waals surface area contributed by atoms with E-state index in [0.717, 1.165) is 49.7 Å². The molecule has 102 valence electrons. The normalized spacial score (nSPS) is 17.1. The van der Waals surface area contributed by atoms with Crippen molar-refractivity contribution in [3.05, 3.63) is 28.5 Å². The first-order valence-corrected chi connectivity index (χ1v) is 7.14. The molecule has 0 saturated carbocycles. The third kappa shape index (κ3) is 2.73. The van der Waals surface area contributed by atoms with Gasteiger partial charge in [0.2, 0.25) is 0 Å². The monoisotopic (exact) mass is 277 g/mol. The average Bonchev–Trinajstić information content (AvgIpc) is 2.73. The number of nitrogens with zero attached hydrogens (tertiary/aromatic N) is 2. The lowest BCUT2D eigenvalue weighted by atomic mass is 10.2. The molecule has 0 unspecified atom stereocenters. The maximum Gasteiger partial charge on any atom is 0.178 e. The van der Waals surface area contributed by atoms with E-state index in [4.69, 9.17) is 17.0 Å². The lowest BCUT2D eigenvalue weighted by Gasteiger charge is -2.26. The Balaban J connectivity index is 1.81. The molecule has 0 bridgehead atoms. The maximum atomic E-state index is 5.43. The molecule has 0 radical (unpaired) electrons. The first kappa shape index (κ1) is 12.8. The standard InChI is InChI=1S/C14H19N3OS/c1-11-2-3-12-13(10-11)17(14(19)15-12)5-4-16-6-8-18-9-7-16/h2-3,10H,4-9H2,1H3,(H,15,19). The highest BCUT2D eigenvalue weighted by Crippen LogP contribution is 2.16. The van der Waals surface area contributed by atoms with Gasteiger partial charge < -0.3 is 14.3 Å². The van der Waals surface area contributed by atoms with Crippen LogP contribution in [0.15, 0.2) is 18.2 Å². The largest absolute Gasteiger partial charge is 0.379 e. The summed E-state index contributed by atoms with van der Waals surface area (Å²) in [6.45, 7) is 7.81. The SMILES string of the molecule is Cc1ccc2[nH]c(=S)n(CCN3CCOCC3)c2c1. The van der Waals surface area contributed by atoms with Crippen molar-refractivity contribution >= 4 is 23.3 Å². The smallest absolute Gasteiger partial charge is 0.178 e. The van der Waals surface area contributed by atoms with Gasteiger partial charge in [0, 0.05) is 26.2 Å². The van der Waals surface area contributed by atoms with Crippen LogP contribution in [0, 0.1) is 11.7 Å². The lowest BCUT2D eigenvalue weighted by molar-refractivity contribution is 0.0365. The second-order valence-electron chi connectivity index (χ2n) is 5.06. The summed E-state index contributed by atoms with van der Waals surface area (Å²) < 4.78 is 8.39. The number of fused-ring (bicyclic) bond motifs is 1. The van der Waals surface area contributed by atoms with Crippen molar-refractivity contribution in [3.63, 3.8) is 0 Å². The molecule has 4 nitrogen and oxygen atoms in total. The van der Waals surface area contributed by atoms with E-state index < -0.39 is 0 Å². The van der Waals surface area contributed by atoms with Crippen molar-refractivity contribution in [1.82, 2.24) is 14.5 Å². The molecule has 0 aliphatic carbocycles. The highest BCUT2D eigenvalue weighted by molar-refractivity contribution is 7.71. The van der Waals surface area contributed by atoms with Crippen LogP contribution in [0.2, 0.25) is 0 Å². The predicted octanol–water partition coefficient (Wildman–Crippen LogP) is 2.34. The molecule has 1 aromatic carbocycles. The number of aromatic amines is 1. The van der Waals surface area contributed by atoms with Crippen molar-refractivity contribution in [1.29, 1.82) is 0 Å². The van der Waals surface area contributed by atoms with Gasteiger partial charge in [-0.05, 0) is 36.8 Å². The van der Waals surface area contributed by atoms with Gasteiger partial charge in [0.1, 0.15) is 0 Å². The minimum absolute atomic E-state index is 0.814. The van der Waals surface area contributed by atoms with E-state index >= 15 is 0 Å². The fourth-order valence-electron chi connectivity index (χ4n) is 2.55. The second kappa shape index (κ2) is 5.45. The van der Waals surface area contributed by atoms with E-state index in [1.54, 1.807) is 0 Å². The van der Waals surface area contributed by atoms with Crippen LogP contribution in [-0.4, -0.2) is 47.3 Å². The van der Waals surface area contributed by atoms with Crippen molar-refractivity contribution in [2.45, 2.75) is 13.5 Å². The van der Waals surface area contributed by atoms with Gasteiger partial charge in [0.15, 0.2) is 4.77 Å². The van der Waals surface area contributed by atoms with E-state index in [1.807, 2.05) is 0 Å². The number of nitrogens with one attached hydrogen (secondary N) is 1. The summed E-state index contributed by atoms with van der Waals surface area (Å²) in [5.41, 5.74) is 3.59. The molecule has 1 aliphatic heterocycles. The number of benzene rings is 1. The molecular formula is C14H19N3OS. The molecule has 0 atom stereocenters. The van der Waals surface area contributed by atoms with Gasteiger partial charge in [0.25, 0.3) is 0 Å². The quantitative estimate of drug-likeness (QED) is 0.874. The minimum Gasteiger partial charge on any atom is -0.379 e. The summed E-state index contributed by atoms with van der Waals surface area (Å²) in [5, 5.41) is 0. The molecule has 1 fully saturated rings. The molecule has 1 N–H and O–H groups in total. The number of aryl methyl sites for hydroxylation is 1. The molecule has 19 heavy (non-hydrogen) atoms. The highest BCUT2D eigenvalue weighted by Gasteiger charge is 2.11. The van der Waals surface area contributed by atoms with Crippen LogP contribution in [0.5, 0.6) is 0 Å². The summed E-state index contributed by atoms with van der Waals surface area (Å²) in [4.78, 5) is 5.71. The number of aromatic nitrogens is 2. The summed E-state index contributed by atoms with van der Waals surface area (Å²) in [7, 11) is 0. The Morgan fingerprint density at radius 1 is 1.26 bits per heavy atom. The average molecular weight is 277 g/mol. The number of morpholine rings is 1. The summed E-state index contributed by atoms with van der Waals surface area (Å²) in [5.74, 6) is 0. The predicted molar refractivity (Wildman–Crippen MR) is 79.1 cm³/mol. The number of hydrogen-bond donors (Lipinski definition) is 1. The summed E-state index contributed by atoms with van der Waals surface area (Å²) >= 11 is 5.43. The van der Waals surface area contributed by atoms with Crippen LogP contribution in [0.1, 0.15) is 5.56 Å². The lowest BCUT2D eigenvalue weighted by Crippen LogP contribution is -2.38. The Hall–Kier alpha value is -1.17. The van der Waals surface area contributed by atoms with Gasteiger partial charge >= 0.3 is 0 Å². The first-order chi connectivity index (χ1) is 9.24. The van der Waals surface area contributed by atoms with Crippen LogP contribution in [0.3, 0.4) is 0 Å². The third-order valence-electron chi connectivity index (χ3n) is 3.67. The second-order valence-corrected chi connectivity index (χ2v) is 5.44. The fraction of sp³-hybridized carbons (Fsp3) is 0.500. The Labute approximate surface area is 118 Å². The Morgan fingerprint density at radius 2 is 2.05 bits per heavy atom. The molecular weight excluding hydrogens is 258 g/mol. The summed E-state index contributed by atoms with van der Waals surface area (Å²) in [6.07, 6.45) is 0. The molecule has 3 rings (SSSR count). The van der Waals surface area contributed by atoms with E-state index in [-0.39, 0.29) is 0 Å². The number of ether oxygens (including phenoxy) is 1. The van der Waals surface area contributed by atoms with Crippen LogP contribution in [-0.2, 0) is 11.3 Å². The number of rotatable bonds is 3. The van der Waals surface area contributed by atoms with Gasteiger partial charge in [-0.25, -0.2) is 0 Å². The zero-order chi connectivity index (χ0) is 13.2.